The van der Waals surface area contributed by atoms with Crippen molar-refractivity contribution >= 4 is 18.5 Å². The van der Waals surface area contributed by atoms with Crippen LogP contribution < -0.4 is 5.32 Å². The molecule has 1 amide bonds. The van der Waals surface area contributed by atoms with Crippen molar-refractivity contribution in [2.24, 2.45) is 0 Å². The standard InChI is InChI=1S/C10H16F2N2O2.ClH/c1-9(2,3)16-8(15)14-5-4-13-6-7(14)10(6,11)12;/h6-7,13H,4-5H2,1-3H3;1H. The molecule has 2 rings (SSSR count). The van der Waals surface area contributed by atoms with Gasteiger partial charge in [-0.25, -0.2) is 13.6 Å². The third-order valence-corrected chi connectivity index (χ3v) is 2.70. The van der Waals surface area contributed by atoms with Gasteiger partial charge in [-0.3, -0.25) is 4.90 Å². The summed E-state index contributed by atoms with van der Waals surface area (Å²) in [4.78, 5) is 12.8. The maximum absolute atomic E-state index is 13.2. The van der Waals surface area contributed by atoms with E-state index in [4.69, 9.17) is 4.74 Å². The Balaban J connectivity index is 0.00000144. The third kappa shape index (κ3) is 2.63. The smallest absolute Gasteiger partial charge is 0.410 e. The highest BCUT2D eigenvalue weighted by Gasteiger charge is 2.73. The second-order valence-electron chi connectivity index (χ2n) is 5.22. The fourth-order valence-corrected chi connectivity index (χ4v) is 1.95. The SMILES string of the molecule is CC(C)(C)OC(=O)N1CCNC2C1C2(F)F.Cl. The predicted molar refractivity (Wildman–Crippen MR) is 60.7 cm³/mol. The second-order valence-corrected chi connectivity index (χ2v) is 5.22. The number of ether oxygens (including phenoxy) is 1. The summed E-state index contributed by atoms with van der Waals surface area (Å²) in [6, 6.07) is -1.93. The molecule has 1 heterocycles. The lowest BCUT2D eigenvalue weighted by Gasteiger charge is -2.29. The minimum absolute atomic E-state index is 0. The molecule has 0 aromatic heterocycles. The van der Waals surface area contributed by atoms with E-state index < -0.39 is 29.7 Å². The minimum atomic E-state index is -2.81. The van der Waals surface area contributed by atoms with Gasteiger partial charge < -0.3 is 10.1 Å². The van der Waals surface area contributed by atoms with Crippen LogP contribution in [0.3, 0.4) is 0 Å². The molecule has 1 aliphatic heterocycles. The van der Waals surface area contributed by atoms with Crippen LogP contribution in [0.1, 0.15) is 20.8 Å². The first-order valence-corrected chi connectivity index (χ1v) is 5.34. The molecule has 1 aliphatic carbocycles. The van der Waals surface area contributed by atoms with E-state index in [1.807, 2.05) is 0 Å². The van der Waals surface area contributed by atoms with E-state index in [1.54, 1.807) is 20.8 Å². The highest BCUT2D eigenvalue weighted by molar-refractivity contribution is 5.85. The lowest BCUT2D eigenvalue weighted by Crippen LogP contribution is -2.48. The van der Waals surface area contributed by atoms with Crippen molar-refractivity contribution in [2.45, 2.75) is 44.4 Å². The van der Waals surface area contributed by atoms with Crippen molar-refractivity contribution < 1.29 is 18.3 Å². The highest BCUT2D eigenvalue weighted by Crippen LogP contribution is 2.47. The number of carbonyl (C=O) groups is 1. The van der Waals surface area contributed by atoms with Gasteiger partial charge in [0.05, 0.1) is 0 Å². The van der Waals surface area contributed by atoms with Crippen molar-refractivity contribution in [3.8, 4) is 0 Å². The lowest BCUT2D eigenvalue weighted by atomic mass is 10.2. The topological polar surface area (TPSA) is 41.6 Å². The van der Waals surface area contributed by atoms with Gasteiger partial charge in [0.25, 0.3) is 5.92 Å². The van der Waals surface area contributed by atoms with Crippen LogP contribution in [-0.4, -0.2) is 47.7 Å². The average Bonchev–Trinajstić information content (AvgIpc) is 2.67. The van der Waals surface area contributed by atoms with Crippen molar-refractivity contribution in [1.82, 2.24) is 10.2 Å². The Morgan fingerprint density at radius 2 is 2.06 bits per heavy atom. The van der Waals surface area contributed by atoms with Gasteiger partial charge in [0, 0.05) is 13.1 Å². The molecular formula is C10H17ClF2N2O2. The quantitative estimate of drug-likeness (QED) is 0.728. The van der Waals surface area contributed by atoms with Gasteiger partial charge in [-0.1, -0.05) is 0 Å². The number of nitrogens with one attached hydrogen (secondary N) is 1. The molecule has 2 atom stereocenters. The molecule has 0 spiro atoms. The van der Waals surface area contributed by atoms with Crippen LogP contribution in [0.5, 0.6) is 0 Å². The van der Waals surface area contributed by atoms with Crippen LogP contribution in [0.15, 0.2) is 0 Å². The Labute approximate surface area is 105 Å². The summed E-state index contributed by atoms with van der Waals surface area (Å²) in [5.74, 6) is -2.81. The van der Waals surface area contributed by atoms with Gasteiger partial charge in [0.15, 0.2) is 0 Å². The Morgan fingerprint density at radius 1 is 1.47 bits per heavy atom. The number of halogens is 3. The van der Waals surface area contributed by atoms with E-state index in [-0.39, 0.29) is 19.0 Å². The van der Waals surface area contributed by atoms with E-state index in [1.165, 1.54) is 0 Å². The fourth-order valence-electron chi connectivity index (χ4n) is 1.95. The molecule has 2 unspecified atom stereocenters. The van der Waals surface area contributed by atoms with Crippen molar-refractivity contribution in [1.29, 1.82) is 0 Å². The summed E-state index contributed by atoms with van der Waals surface area (Å²) in [6.45, 7) is 5.81. The molecule has 0 aromatic carbocycles. The first-order chi connectivity index (χ1) is 7.23. The minimum Gasteiger partial charge on any atom is -0.444 e. The summed E-state index contributed by atoms with van der Waals surface area (Å²) < 4.78 is 31.6. The van der Waals surface area contributed by atoms with Crippen LogP contribution in [-0.2, 0) is 4.74 Å². The van der Waals surface area contributed by atoms with Crippen LogP contribution in [0.25, 0.3) is 0 Å². The molecular weight excluding hydrogens is 254 g/mol. The molecule has 0 radical (unpaired) electrons. The van der Waals surface area contributed by atoms with E-state index >= 15 is 0 Å². The molecule has 7 heteroatoms. The van der Waals surface area contributed by atoms with E-state index in [9.17, 15) is 13.6 Å². The number of alkyl halides is 2. The Kier molecular flexibility index (Phi) is 3.60. The Bertz CT molecular complexity index is 320. The molecule has 2 aliphatic rings. The predicted octanol–water partition coefficient (Wildman–Crippen LogP) is 1.63. The summed E-state index contributed by atoms with van der Waals surface area (Å²) in [7, 11) is 0. The molecule has 1 saturated carbocycles. The summed E-state index contributed by atoms with van der Waals surface area (Å²) >= 11 is 0. The van der Waals surface area contributed by atoms with Gasteiger partial charge in [-0.15, -0.1) is 12.4 Å². The molecule has 100 valence electrons. The zero-order valence-electron chi connectivity index (χ0n) is 10.00. The van der Waals surface area contributed by atoms with Crippen LogP contribution >= 0.6 is 12.4 Å². The molecule has 4 nitrogen and oxygen atoms in total. The Morgan fingerprint density at radius 3 is 2.59 bits per heavy atom. The number of piperazine rings is 1. The lowest BCUT2D eigenvalue weighted by molar-refractivity contribution is 0.0102. The number of nitrogens with zero attached hydrogens (tertiary/aromatic N) is 1. The van der Waals surface area contributed by atoms with E-state index in [0.29, 0.717) is 6.54 Å². The van der Waals surface area contributed by atoms with Crippen molar-refractivity contribution in [3.63, 3.8) is 0 Å². The molecule has 1 saturated heterocycles. The third-order valence-electron chi connectivity index (χ3n) is 2.70. The summed E-state index contributed by atoms with van der Waals surface area (Å²) in [5, 5.41) is 2.69. The van der Waals surface area contributed by atoms with Crippen molar-refractivity contribution in [3.05, 3.63) is 0 Å². The first kappa shape index (κ1) is 14.4. The number of amides is 1. The van der Waals surface area contributed by atoms with Crippen LogP contribution in [0, 0.1) is 0 Å². The number of rotatable bonds is 0. The van der Waals surface area contributed by atoms with Gasteiger partial charge >= 0.3 is 6.09 Å². The van der Waals surface area contributed by atoms with Gasteiger partial charge in [-0.05, 0) is 20.8 Å². The second kappa shape index (κ2) is 4.24. The first-order valence-electron chi connectivity index (χ1n) is 5.34. The molecule has 0 bridgehead atoms. The normalized spacial score (nSPS) is 30.1. The van der Waals surface area contributed by atoms with E-state index in [2.05, 4.69) is 5.32 Å². The summed E-state index contributed by atoms with van der Waals surface area (Å²) in [5.41, 5.74) is -0.651. The average molecular weight is 271 g/mol. The van der Waals surface area contributed by atoms with Crippen molar-refractivity contribution in [2.75, 3.05) is 13.1 Å². The number of carbonyl (C=O) groups excluding carboxylic acids is 1. The Hall–Kier alpha value is -0.620. The summed E-state index contributed by atoms with van der Waals surface area (Å²) in [6.07, 6.45) is -0.652. The number of hydrogen-bond acceptors (Lipinski definition) is 3. The largest absolute Gasteiger partial charge is 0.444 e. The zero-order valence-corrected chi connectivity index (χ0v) is 10.8. The number of hydrogen-bond donors (Lipinski definition) is 1. The zero-order chi connectivity index (χ0) is 12.1. The maximum atomic E-state index is 13.2. The molecule has 2 fully saturated rings. The van der Waals surface area contributed by atoms with Gasteiger partial charge in [0.2, 0.25) is 0 Å². The monoisotopic (exact) mass is 270 g/mol. The van der Waals surface area contributed by atoms with Crippen LogP contribution in [0.2, 0.25) is 0 Å². The fraction of sp³-hybridized carbons (Fsp3) is 0.900. The molecule has 0 aromatic rings. The molecule has 1 N–H and O–H groups in total. The van der Waals surface area contributed by atoms with Gasteiger partial charge in [-0.2, -0.15) is 0 Å². The van der Waals surface area contributed by atoms with Gasteiger partial charge in [0.1, 0.15) is 17.7 Å². The molecule has 17 heavy (non-hydrogen) atoms. The van der Waals surface area contributed by atoms with E-state index in [0.717, 1.165) is 4.90 Å². The number of fused-ring (bicyclic) bond motifs is 1. The van der Waals surface area contributed by atoms with Crippen LogP contribution in [0.4, 0.5) is 13.6 Å². The maximum Gasteiger partial charge on any atom is 0.410 e. The highest BCUT2D eigenvalue weighted by atomic mass is 35.5.